The Balaban J connectivity index is 2.42. The lowest BCUT2D eigenvalue weighted by Gasteiger charge is -2.15. The monoisotopic (exact) mass is 347 g/mol. The van der Waals surface area contributed by atoms with Gasteiger partial charge in [0.1, 0.15) is 17.3 Å². The minimum atomic E-state index is -5.09. The van der Waals surface area contributed by atoms with E-state index in [1.807, 2.05) is 0 Å². The van der Waals surface area contributed by atoms with Crippen molar-refractivity contribution in [1.82, 2.24) is 0 Å². The number of hydrogen-bond donors (Lipinski definition) is 2. The average molecular weight is 347 g/mol. The van der Waals surface area contributed by atoms with Crippen LogP contribution in [0, 0.1) is 0 Å². The summed E-state index contributed by atoms with van der Waals surface area (Å²) in [5.41, 5.74) is 4.26. The Morgan fingerprint density at radius 2 is 1.74 bits per heavy atom. The van der Waals surface area contributed by atoms with E-state index in [4.69, 9.17) is 15.0 Å². The van der Waals surface area contributed by atoms with E-state index >= 15 is 0 Å². The number of nitrogens with two attached hydrogens (primary N) is 1. The molecule has 0 saturated carbocycles. The molecule has 0 saturated heterocycles. The maximum absolute atomic E-state index is 12.9. The summed E-state index contributed by atoms with van der Waals surface area (Å²) in [4.78, 5) is -1.30. The van der Waals surface area contributed by atoms with Crippen LogP contribution in [0.5, 0.6) is 5.75 Å². The van der Waals surface area contributed by atoms with Gasteiger partial charge in [0.05, 0.1) is 11.3 Å². The van der Waals surface area contributed by atoms with Crippen LogP contribution in [0.4, 0.5) is 18.9 Å². The van der Waals surface area contributed by atoms with Crippen LogP contribution in [0.15, 0.2) is 47.4 Å². The van der Waals surface area contributed by atoms with Crippen molar-refractivity contribution in [3.63, 3.8) is 0 Å². The van der Waals surface area contributed by atoms with Crippen LogP contribution in [0.25, 0.3) is 0 Å². The molecular formula is C14H12F3NO4S. The molecule has 2 rings (SSSR count). The summed E-state index contributed by atoms with van der Waals surface area (Å²) in [6, 6.07) is 9.65. The van der Waals surface area contributed by atoms with E-state index in [2.05, 4.69) is 0 Å². The SMILES string of the molecule is Nc1cc(C(F)(F)F)c(S(=O)(=O)O)cc1OCc1ccccc1. The van der Waals surface area contributed by atoms with E-state index < -0.39 is 26.8 Å². The van der Waals surface area contributed by atoms with Gasteiger partial charge in [-0.15, -0.1) is 0 Å². The second kappa shape index (κ2) is 6.09. The zero-order valence-corrected chi connectivity index (χ0v) is 12.4. The van der Waals surface area contributed by atoms with Gasteiger partial charge in [-0.05, 0) is 11.6 Å². The molecule has 0 aromatic heterocycles. The van der Waals surface area contributed by atoms with E-state index in [0.717, 1.165) is 0 Å². The first-order valence-corrected chi connectivity index (χ1v) is 7.68. The quantitative estimate of drug-likeness (QED) is 0.655. The lowest BCUT2D eigenvalue weighted by atomic mass is 10.1. The minimum absolute atomic E-state index is 0.0265. The lowest BCUT2D eigenvalue weighted by Crippen LogP contribution is -2.14. The van der Waals surface area contributed by atoms with Crippen molar-refractivity contribution in [2.75, 3.05) is 5.73 Å². The molecule has 2 aromatic rings. The van der Waals surface area contributed by atoms with E-state index in [1.54, 1.807) is 30.3 Å². The zero-order valence-electron chi connectivity index (χ0n) is 11.5. The number of alkyl halides is 3. The van der Waals surface area contributed by atoms with Crippen molar-refractivity contribution in [1.29, 1.82) is 0 Å². The average Bonchev–Trinajstić information content (AvgIpc) is 2.44. The number of rotatable bonds is 4. The van der Waals surface area contributed by atoms with Gasteiger partial charge < -0.3 is 10.5 Å². The Bertz CT molecular complexity index is 805. The molecule has 0 bridgehead atoms. The molecule has 9 heteroatoms. The van der Waals surface area contributed by atoms with Gasteiger partial charge in [0.25, 0.3) is 10.1 Å². The van der Waals surface area contributed by atoms with E-state index in [-0.39, 0.29) is 18.0 Å². The maximum Gasteiger partial charge on any atom is 0.417 e. The number of halogens is 3. The van der Waals surface area contributed by atoms with Crippen molar-refractivity contribution < 1.29 is 30.9 Å². The van der Waals surface area contributed by atoms with Gasteiger partial charge in [0.15, 0.2) is 0 Å². The molecule has 0 fully saturated rings. The first kappa shape index (κ1) is 17.1. The van der Waals surface area contributed by atoms with Crippen LogP contribution in [-0.2, 0) is 22.9 Å². The predicted molar refractivity (Wildman–Crippen MR) is 76.4 cm³/mol. The van der Waals surface area contributed by atoms with Crippen LogP contribution in [0.2, 0.25) is 0 Å². The van der Waals surface area contributed by atoms with Crippen LogP contribution in [0.1, 0.15) is 11.1 Å². The summed E-state index contributed by atoms with van der Waals surface area (Å²) in [6.07, 6.45) is -4.99. The molecule has 0 heterocycles. The summed E-state index contributed by atoms with van der Waals surface area (Å²) in [5, 5.41) is 0. The smallest absolute Gasteiger partial charge is 0.417 e. The molecule has 0 unspecified atom stereocenters. The van der Waals surface area contributed by atoms with Gasteiger partial charge in [0.2, 0.25) is 0 Å². The fraction of sp³-hybridized carbons (Fsp3) is 0.143. The highest BCUT2D eigenvalue weighted by Gasteiger charge is 2.38. The normalized spacial score (nSPS) is 12.2. The largest absolute Gasteiger partial charge is 0.487 e. The standard InChI is InChI=1S/C14H12F3NO4S/c15-14(16,17)10-6-11(18)12(7-13(10)23(19,20)21)22-8-9-4-2-1-3-5-9/h1-7H,8,18H2,(H,19,20,21). The number of ether oxygens (including phenoxy) is 1. The fourth-order valence-electron chi connectivity index (χ4n) is 1.87. The highest BCUT2D eigenvalue weighted by molar-refractivity contribution is 7.85. The summed E-state index contributed by atoms with van der Waals surface area (Å²) in [6.45, 7) is -0.0265. The predicted octanol–water partition coefficient (Wildman–Crippen LogP) is 3.11. The van der Waals surface area contributed by atoms with Crippen LogP contribution < -0.4 is 10.5 Å². The molecular weight excluding hydrogens is 335 g/mol. The van der Waals surface area contributed by atoms with Crippen molar-refractivity contribution in [2.45, 2.75) is 17.7 Å². The Labute approximate surface area is 130 Å². The third-order valence-electron chi connectivity index (χ3n) is 2.93. The first-order chi connectivity index (χ1) is 10.6. The van der Waals surface area contributed by atoms with E-state index in [1.165, 1.54) is 0 Å². The van der Waals surface area contributed by atoms with Gasteiger partial charge in [-0.25, -0.2) is 0 Å². The summed E-state index contributed by atoms with van der Waals surface area (Å²) < 4.78 is 75.3. The lowest BCUT2D eigenvalue weighted by molar-refractivity contribution is -0.139. The summed E-state index contributed by atoms with van der Waals surface area (Å²) in [7, 11) is -5.09. The van der Waals surface area contributed by atoms with Crippen LogP contribution in [-0.4, -0.2) is 13.0 Å². The molecule has 0 radical (unpaired) electrons. The molecule has 124 valence electrons. The fourth-order valence-corrected chi connectivity index (χ4v) is 2.58. The van der Waals surface area contributed by atoms with Crippen molar-refractivity contribution in [2.24, 2.45) is 0 Å². The van der Waals surface area contributed by atoms with Gasteiger partial charge in [-0.2, -0.15) is 21.6 Å². The Morgan fingerprint density at radius 3 is 2.26 bits per heavy atom. The second-order valence-electron chi connectivity index (χ2n) is 4.63. The molecule has 5 nitrogen and oxygen atoms in total. The molecule has 0 aliphatic carbocycles. The molecule has 0 amide bonds. The van der Waals surface area contributed by atoms with Gasteiger partial charge in [0, 0.05) is 6.07 Å². The highest BCUT2D eigenvalue weighted by atomic mass is 32.2. The van der Waals surface area contributed by atoms with Crippen LogP contribution >= 0.6 is 0 Å². The summed E-state index contributed by atoms with van der Waals surface area (Å²) >= 11 is 0. The van der Waals surface area contributed by atoms with Crippen molar-refractivity contribution >= 4 is 15.8 Å². The molecule has 0 aliphatic heterocycles. The number of hydrogen-bond acceptors (Lipinski definition) is 4. The van der Waals surface area contributed by atoms with E-state index in [0.29, 0.717) is 17.7 Å². The van der Waals surface area contributed by atoms with Gasteiger partial charge in [-0.3, -0.25) is 4.55 Å². The second-order valence-corrected chi connectivity index (χ2v) is 6.02. The number of benzene rings is 2. The van der Waals surface area contributed by atoms with Crippen LogP contribution in [0.3, 0.4) is 0 Å². The highest BCUT2D eigenvalue weighted by Crippen LogP contribution is 2.39. The molecule has 23 heavy (non-hydrogen) atoms. The topological polar surface area (TPSA) is 89.6 Å². The number of nitrogen functional groups attached to an aromatic ring is 1. The molecule has 2 aromatic carbocycles. The van der Waals surface area contributed by atoms with Crippen molar-refractivity contribution in [3.05, 3.63) is 53.6 Å². The van der Waals surface area contributed by atoms with E-state index in [9.17, 15) is 21.6 Å². The Morgan fingerprint density at radius 1 is 1.13 bits per heavy atom. The third-order valence-corrected chi connectivity index (χ3v) is 3.83. The number of anilines is 1. The Kier molecular flexibility index (Phi) is 4.53. The van der Waals surface area contributed by atoms with Gasteiger partial charge >= 0.3 is 6.18 Å². The zero-order chi connectivity index (χ0) is 17.3. The Hall–Kier alpha value is -2.26. The minimum Gasteiger partial charge on any atom is -0.487 e. The van der Waals surface area contributed by atoms with Gasteiger partial charge in [-0.1, -0.05) is 30.3 Å². The van der Waals surface area contributed by atoms with Crippen molar-refractivity contribution in [3.8, 4) is 5.75 Å². The molecule has 0 atom stereocenters. The maximum atomic E-state index is 12.9. The third kappa shape index (κ3) is 4.14. The first-order valence-electron chi connectivity index (χ1n) is 6.24. The molecule has 0 spiro atoms. The molecule has 0 aliphatic rings. The summed E-state index contributed by atoms with van der Waals surface area (Å²) in [5.74, 6) is -0.269. The molecule has 3 N–H and O–H groups in total.